The minimum Gasteiger partial charge on any atom is -0.481 e. The lowest BCUT2D eigenvalue weighted by molar-refractivity contribution is -0.122. The summed E-state index contributed by atoms with van der Waals surface area (Å²) in [4.78, 5) is 16.8. The molecule has 0 aliphatic rings. The lowest BCUT2D eigenvalue weighted by Crippen LogP contribution is -2.30. The number of amides is 1. The Morgan fingerprint density at radius 2 is 2.04 bits per heavy atom. The quantitative estimate of drug-likeness (QED) is 0.692. The molecule has 9 heteroatoms. The van der Waals surface area contributed by atoms with E-state index >= 15 is 0 Å². The van der Waals surface area contributed by atoms with Gasteiger partial charge in [-0.15, -0.1) is 0 Å². The predicted molar refractivity (Wildman–Crippen MR) is 103 cm³/mol. The lowest BCUT2D eigenvalue weighted by atomic mass is 10.3. The van der Waals surface area contributed by atoms with Crippen molar-refractivity contribution in [3.05, 3.63) is 47.5 Å². The number of fused-ring (bicyclic) bond motifs is 1. The van der Waals surface area contributed by atoms with Gasteiger partial charge in [0.2, 0.25) is 0 Å². The number of aromatic nitrogens is 1. The van der Waals surface area contributed by atoms with Crippen molar-refractivity contribution >= 4 is 54.0 Å². The number of carbonyl (C=O) groups is 1. The molecule has 0 aliphatic heterocycles. The van der Waals surface area contributed by atoms with Gasteiger partial charge in [-0.3, -0.25) is 10.1 Å². The summed E-state index contributed by atoms with van der Waals surface area (Å²) in [5.41, 5.74) is 0.612. The Labute approximate surface area is 159 Å². The van der Waals surface area contributed by atoms with Gasteiger partial charge in [-0.05, 0) is 43.3 Å². The van der Waals surface area contributed by atoms with Crippen molar-refractivity contribution in [2.24, 2.45) is 0 Å². The lowest BCUT2D eigenvalue weighted by Gasteiger charge is -2.13. The highest BCUT2D eigenvalue weighted by atomic mass is 35.5. The maximum atomic E-state index is 12.3. The summed E-state index contributed by atoms with van der Waals surface area (Å²) in [5, 5.41) is 3.57. The summed E-state index contributed by atoms with van der Waals surface area (Å²) in [6, 6.07) is 11.4. The number of benzene rings is 2. The number of carbonyl (C=O) groups excluding carboxylic acids is 1. The van der Waals surface area contributed by atoms with E-state index in [1.165, 1.54) is 17.4 Å². The monoisotopic (exact) mass is 410 g/mol. The van der Waals surface area contributed by atoms with Gasteiger partial charge in [0.25, 0.3) is 5.91 Å². The van der Waals surface area contributed by atoms with Crippen molar-refractivity contribution in [2.75, 3.05) is 11.6 Å². The molecule has 1 atom stereocenters. The van der Waals surface area contributed by atoms with E-state index in [4.69, 9.17) is 16.3 Å². The summed E-state index contributed by atoms with van der Waals surface area (Å²) < 4.78 is 29.5. The van der Waals surface area contributed by atoms with Crippen LogP contribution in [0.1, 0.15) is 6.92 Å². The molecule has 1 heterocycles. The van der Waals surface area contributed by atoms with Crippen LogP contribution >= 0.6 is 22.9 Å². The van der Waals surface area contributed by atoms with Crippen molar-refractivity contribution in [1.29, 1.82) is 0 Å². The summed E-state index contributed by atoms with van der Waals surface area (Å²) in [7, 11) is -3.30. The molecule has 1 aromatic heterocycles. The Bertz CT molecular complexity index is 1080. The third kappa shape index (κ3) is 4.32. The number of rotatable bonds is 5. The minimum absolute atomic E-state index is 0.212. The molecule has 0 saturated heterocycles. The SMILES string of the molecule is C[C@H](Oc1cccc(Cl)c1)C(=O)Nc1nc2ccc(S(C)(=O)=O)cc2s1. The minimum atomic E-state index is -3.30. The Hall–Kier alpha value is -2.16. The van der Waals surface area contributed by atoms with Gasteiger partial charge in [0.1, 0.15) is 5.75 Å². The zero-order valence-corrected chi connectivity index (χ0v) is 16.3. The van der Waals surface area contributed by atoms with Gasteiger partial charge in [-0.1, -0.05) is 29.0 Å². The van der Waals surface area contributed by atoms with Crippen LogP contribution in [-0.2, 0) is 14.6 Å². The first-order valence-electron chi connectivity index (χ1n) is 7.56. The van der Waals surface area contributed by atoms with E-state index in [0.717, 1.165) is 6.26 Å². The van der Waals surface area contributed by atoms with E-state index in [9.17, 15) is 13.2 Å². The number of halogens is 1. The molecule has 26 heavy (non-hydrogen) atoms. The van der Waals surface area contributed by atoms with Gasteiger partial charge >= 0.3 is 0 Å². The van der Waals surface area contributed by atoms with Crippen LogP contribution in [0.2, 0.25) is 5.02 Å². The number of hydrogen-bond donors (Lipinski definition) is 1. The maximum Gasteiger partial charge on any atom is 0.266 e. The molecular formula is C17H15ClN2O4S2. The Morgan fingerprint density at radius 3 is 2.73 bits per heavy atom. The zero-order chi connectivity index (χ0) is 18.9. The molecule has 6 nitrogen and oxygen atoms in total. The number of sulfone groups is 1. The average Bonchev–Trinajstić information content (AvgIpc) is 2.95. The Morgan fingerprint density at radius 1 is 1.27 bits per heavy atom. The number of hydrogen-bond acceptors (Lipinski definition) is 6. The Kier molecular flexibility index (Phi) is 5.17. The van der Waals surface area contributed by atoms with Crippen molar-refractivity contribution < 1.29 is 17.9 Å². The van der Waals surface area contributed by atoms with Crippen molar-refractivity contribution in [1.82, 2.24) is 4.98 Å². The van der Waals surface area contributed by atoms with E-state index in [1.54, 1.807) is 43.3 Å². The van der Waals surface area contributed by atoms with Crippen LogP contribution < -0.4 is 10.1 Å². The highest BCUT2D eigenvalue weighted by Crippen LogP contribution is 2.28. The zero-order valence-electron chi connectivity index (χ0n) is 13.9. The van der Waals surface area contributed by atoms with E-state index in [0.29, 0.717) is 26.1 Å². The first kappa shape index (κ1) is 18.6. The molecule has 0 saturated carbocycles. The molecular weight excluding hydrogens is 396 g/mol. The summed E-state index contributed by atoms with van der Waals surface area (Å²) in [6.45, 7) is 1.62. The highest BCUT2D eigenvalue weighted by Gasteiger charge is 2.17. The van der Waals surface area contributed by atoms with Gasteiger partial charge in [0.15, 0.2) is 21.1 Å². The molecule has 1 N–H and O–H groups in total. The second-order valence-corrected chi connectivity index (χ2v) is 9.11. The van der Waals surface area contributed by atoms with Crippen LogP contribution in [-0.4, -0.2) is 31.7 Å². The molecule has 136 valence electrons. The van der Waals surface area contributed by atoms with Crippen molar-refractivity contribution in [2.45, 2.75) is 17.9 Å². The number of thiazole rings is 1. The van der Waals surface area contributed by atoms with Crippen LogP contribution in [0.4, 0.5) is 5.13 Å². The topological polar surface area (TPSA) is 85.4 Å². The van der Waals surface area contributed by atoms with E-state index < -0.39 is 15.9 Å². The smallest absolute Gasteiger partial charge is 0.266 e. The third-order valence-electron chi connectivity index (χ3n) is 3.50. The summed E-state index contributed by atoms with van der Waals surface area (Å²) >= 11 is 7.09. The van der Waals surface area contributed by atoms with Crippen molar-refractivity contribution in [3.8, 4) is 5.75 Å². The standard InChI is InChI=1S/C17H15ClN2O4S2/c1-10(24-12-5-3-4-11(18)8-12)16(21)20-17-19-14-7-6-13(26(2,22)23)9-15(14)25-17/h3-10H,1-2H3,(H,19,20,21)/t10-/m0/s1. The van der Waals surface area contributed by atoms with Crippen LogP contribution in [0.5, 0.6) is 5.75 Å². The van der Waals surface area contributed by atoms with Gasteiger partial charge in [-0.2, -0.15) is 0 Å². The van der Waals surface area contributed by atoms with Gasteiger partial charge in [0.05, 0.1) is 15.1 Å². The molecule has 2 aromatic carbocycles. The molecule has 0 radical (unpaired) electrons. The molecule has 0 unspecified atom stereocenters. The fraction of sp³-hybridized carbons (Fsp3) is 0.176. The maximum absolute atomic E-state index is 12.3. The van der Waals surface area contributed by atoms with Crippen molar-refractivity contribution in [3.63, 3.8) is 0 Å². The van der Waals surface area contributed by atoms with Gasteiger partial charge in [-0.25, -0.2) is 13.4 Å². The normalized spacial score (nSPS) is 12.7. The van der Waals surface area contributed by atoms with E-state index in [1.807, 2.05) is 0 Å². The number of anilines is 1. The second kappa shape index (κ2) is 7.22. The molecule has 3 aromatic rings. The largest absolute Gasteiger partial charge is 0.481 e. The molecule has 1 amide bonds. The van der Waals surface area contributed by atoms with Gasteiger partial charge < -0.3 is 4.74 Å². The first-order valence-corrected chi connectivity index (χ1v) is 10.6. The van der Waals surface area contributed by atoms with E-state index in [2.05, 4.69) is 10.3 Å². The highest BCUT2D eigenvalue weighted by molar-refractivity contribution is 7.90. The molecule has 0 fully saturated rings. The molecule has 0 bridgehead atoms. The molecule has 0 spiro atoms. The summed E-state index contributed by atoms with van der Waals surface area (Å²) in [6.07, 6.45) is 0.388. The average molecular weight is 411 g/mol. The first-order chi connectivity index (χ1) is 12.2. The van der Waals surface area contributed by atoms with Crippen LogP contribution in [0, 0.1) is 0 Å². The number of nitrogens with zero attached hydrogens (tertiary/aromatic N) is 1. The second-order valence-electron chi connectivity index (χ2n) is 5.63. The number of ether oxygens (including phenoxy) is 1. The molecule has 3 rings (SSSR count). The fourth-order valence-electron chi connectivity index (χ4n) is 2.19. The van der Waals surface area contributed by atoms with Gasteiger partial charge in [0, 0.05) is 11.3 Å². The van der Waals surface area contributed by atoms with Crippen LogP contribution in [0.25, 0.3) is 10.2 Å². The predicted octanol–water partition coefficient (Wildman–Crippen LogP) is 3.76. The molecule has 0 aliphatic carbocycles. The van der Waals surface area contributed by atoms with E-state index in [-0.39, 0.29) is 10.8 Å². The Balaban J connectivity index is 1.74. The number of nitrogens with one attached hydrogen (secondary N) is 1. The fourth-order valence-corrected chi connectivity index (χ4v) is 4.00. The van der Waals surface area contributed by atoms with Crippen LogP contribution in [0.15, 0.2) is 47.4 Å². The van der Waals surface area contributed by atoms with Crippen LogP contribution in [0.3, 0.4) is 0 Å². The summed E-state index contributed by atoms with van der Waals surface area (Å²) in [5.74, 6) is 0.120. The third-order valence-corrected chi connectivity index (χ3v) is 5.78.